The topological polar surface area (TPSA) is 40.5 Å². The molecule has 0 saturated heterocycles. The first-order valence-electron chi connectivity index (χ1n) is 2.86. The first-order chi connectivity index (χ1) is 4.22. The summed E-state index contributed by atoms with van der Waals surface area (Å²) in [5.74, 6) is -0.398. The highest BCUT2D eigenvalue weighted by molar-refractivity contribution is 5.91. The Morgan fingerprint density at radius 1 is 1.78 bits per heavy atom. The van der Waals surface area contributed by atoms with E-state index in [0.29, 0.717) is 6.54 Å². The molecular formula is C6H9NO2. The van der Waals surface area contributed by atoms with Crippen LogP contribution in [0.3, 0.4) is 0 Å². The summed E-state index contributed by atoms with van der Waals surface area (Å²) in [7, 11) is 1.67. The van der Waals surface area contributed by atoms with E-state index in [1.54, 1.807) is 13.1 Å². The summed E-state index contributed by atoms with van der Waals surface area (Å²) in [6.45, 7) is 0.711. The van der Waals surface area contributed by atoms with Crippen LogP contribution in [-0.4, -0.2) is 29.5 Å². The summed E-state index contributed by atoms with van der Waals surface area (Å²) in [5, 5.41) is 8.82. The molecule has 1 heterocycles. The van der Waals surface area contributed by atoms with E-state index in [1.807, 2.05) is 0 Å². The quantitative estimate of drug-likeness (QED) is 0.508. The molecule has 3 heteroatoms. The number of hydrogen-bond acceptors (Lipinski definition) is 2. The van der Waals surface area contributed by atoms with E-state index < -0.39 is 0 Å². The molecule has 3 nitrogen and oxygen atoms in total. The molecule has 1 N–H and O–H groups in total. The Morgan fingerprint density at radius 2 is 2.44 bits per heavy atom. The van der Waals surface area contributed by atoms with E-state index >= 15 is 0 Å². The average Bonchev–Trinajstić information content (AvgIpc) is 1.83. The molecule has 1 amide bonds. The van der Waals surface area contributed by atoms with Gasteiger partial charge >= 0.3 is 0 Å². The van der Waals surface area contributed by atoms with Crippen LogP contribution in [0, 0.1) is 0 Å². The van der Waals surface area contributed by atoms with Crippen LogP contribution in [0.4, 0.5) is 0 Å². The van der Waals surface area contributed by atoms with Gasteiger partial charge in [-0.1, -0.05) is 0 Å². The number of aliphatic hydroxyl groups excluding tert-OH is 1. The third kappa shape index (κ3) is 1.04. The lowest BCUT2D eigenvalue weighted by atomic mass is 10.2. The van der Waals surface area contributed by atoms with Crippen molar-refractivity contribution in [2.24, 2.45) is 0 Å². The Morgan fingerprint density at radius 3 is 2.89 bits per heavy atom. The normalized spacial score (nSPS) is 19.9. The lowest BCUT2D eigenvalue weighted by molar-refractivity contribution is -0.129. The van der Waals surface area contributed by atoms with Gasteiger partial charge in [-0.3, -0.25) is 4.79 Å². The number of rotatable bonds is 0. The van der Waals surface area contributed by atoms with Crippen molar-refractivity contribution in [3.05, 3.63) is 11.8 Å². The van der Waals surface area contributed by atoms with Gasteiger partial charge in [-0.15, -0.1) is 0 Å². The van der Waals surface area contributed by atoms with Crippen molar-refractivity contribution in [3.8, 4) is 0 Å². The van der Waals surface area contributed by atoms with Crippen molar-refractivity contribution < 1.29 is 9.90 Å². The molecule has 0 aromatic heterocycles. The molecule has 0 aliphatic carbocycles. The molecule has 0 spiro atoms. The monoisotopic (exact) mass is 127 g/mol. The van der Waals surface area contributed by atoms with E-state index in [4.69, 9.17) is 5.11 Å². The van der Waals surface area contributed by atoms with Gasteiger partial charge < -0.3 is 10.0 Å². The van der Waals surface area contributed by atoms with Crippen molar-refractivity contribution >= 4 is 5.91 Å². The van der Waals surface area contributed by atoms with E-state index in [2.05, 4.69) is 0 Å². The number of aliphatic hydroxyl groups is 1. The molecule has 1 aliphatic heterocycles. The molecule has 0 saturated carbocycles. The molecule has 9 heavy (non-hydrogen) atoms. The van der Waals surface area contributed by atoms with Gasteiger partial charge in [-0.2, -0.15) is 0 Å². The average molecular weight is 127 g/mol. The second-order valence-electron chi connectivity index (χ2n) is 2.10. The third-order valence-electron chi connectivity index (χ3n) is 1.37. The van der Waals surface area contributed by atoms with Crippen LogP contribution < -0.4 is 0 Å². The Labute approximate surface area is 53.6 Å². The predicted octanol–water partition coefficient (Wildman–Crippen LogP) is 0.290. The van der Waals surface area contributed by atoms with Crippen LogP contribution in [-0.2, 0) is 4.79 Å². The van der Waals surface area contributed by atoms with Gasteiger partial charge in [0.05, 0.1) is 0 Å². The van der Waals surface area contributed by atoms with Gasteiger partial charge in [0.15, 0.2) is 5.76 Å². The molecule has 1 aliphatic rings. The Hall–Kier alpha value is -0.990. The first-order valence-corrected chi connectivity index (χ1v) is 2.86. The molecule has 0 unspecified atom stereocenters. The van der Waals surface area contributed by atoms with Crippen molar-refractivity contribution in [3.63, 3.8) is 0 Å². The van der Waals surface area contributed by atoms with Crippen molar-refractivity contribution in [2.75, 3.05) is 13.6 Å². The van der Waals surface area contributed by atoms with Gasteiger partial charge in [0.25, 0.3) is 5.91 Å². The van der Waals surface area contributed by atoms with Crippen molar-refractivity contribution in [1.82, 2.24) is 4.90 Å². The summed E-state index contributed by atoms with van der Waals surface area (Å²) in [4.78, 5) is 12.2. The van der Waals surface area contributed by atoms with Crippen LogP contribution >= 0.6 is 0 Å². The van der Waals surface area contributed by atoms with Crippen LogP contribution in [0.5, 0.6) is 0 Å². The van der Waals surface area contributed by atoms with Gasteiger partial charge in [0.1, 0.15) is 0 Å². The lowest BCUT2D eigenvalue weighted by Gasteiger charge is -2.19. The van der Waals surface area contributed by atoms with Crippen molar-refractivity contribution in [1.29, 1.82) is 0 Å². The maximum atomic E-state index is 10.7. The second-order valence-corrected chi connectivity index (χ2v) is 2.10. The zero-order chi connectivity index (χ0) is 6.85. The molecule has 50 valence electrons. The van der Waals surface area contributed by atoms with E-state index in [1.165, 1.54) is 4.90 Å². The van der Waals surface area contributed by atoms with E-state index in [0.717, 1.165) is 6.42 Å². The van der Waals surface area contributed by atoms with Gasteiger partial charge in [-0.25, -0.2) is 0 Å². The van der Waals surface area contributed by atoms with Gasteiger partial charge in [0.2, 0.25) is 0 Å². The number of hydrogen-bond donors (Lipinski definition) is 1. The van der Waals surface area contributed by atoms with Gasteiger partial charge in [-0.05, 0) is 12.5 Å². The number of nitrogens with zero attached hydrogens (tertiary/aromatic N) is 1. The van der Waals surface area contributed by atoms with Crippen LogP contribution in [0.1, 0.15) is 6.42 Å². The standard InChI is InChI=1S/C6H9NO2/c1-7-4-2-3-5(8)6(7)9/h3,8H,2,4H2,1H3. The molecule has 0 bridgehead atoms. The smallest absolute Gasteiger partial charge is 0.288 e. The predicted molar refractivity (Wildman–Crippen MR) is 33.0 cm³/mol. The molecule has 0 atom stereocenters. The zero-order valence-electron chi connectivity index (χ0n) is 5.29. The maximum absolute atomic E-state index is 10.7. The zero-order valence-corrected chi connectivity index (χ0v) is 5.29. The molecule has 0 aromatic carbocycles. The SMILES string of the molecule is CN1CCC=C(O)C1=O. The summed E-state index contributed by atoms with van der Waals surface area (Å²) >= 11 is 0. The number of amides is 1. The summed E-state index contributed by atoms with van der Waals surface area (Å²) in [5.41, 5.74) is 0. The molecule has 0 fully saturated rings. The maximum Gasteiger partial charge on any atom is 0.288 e. The highest BCUT2D eigenvalue weighted by atomic mass is 16.3. The Bertz CT molecular complexity index is 162. The minimum absolute atomic E-state index is 0.122. The molecule has 1 rings (SSSR count). The molecule has 0 radical (unpaired) electrons. The van der Waals surface area contributed by atoms with Crippen LogP contribution in [0.2, 0.25) is 0 Å². The molecular weight excluding hydrogens is 118 g/mol. The fourth-order valence-electron chi connectivity index (χ4n) is 0.779. The van der Waals surface area contributed by atoms with E-state index in [-0.39, 0.29) is 11.7 Å². The fraction of sp³-hybridized carbons (Fsp3) is 0.500. The molecule has 0 aromatic rings. The number of carbonyl (C=O) groups is 1. The minimum atomic E-state index is -0.277. The second kappa shape index (κ2) is 2.09. The van der Waals surface area contributed by atoms with Gasteiger partial charge in [0, 0.05) is 13.6 Å². The van der Waals surface area contributed by atoms with Crippen LogP contribution in [0.15, 0.2) is 11.8 Å². The largest absolute Gasteiger partial charge is 0.503 e. The van der Waals surface area contributed by atoms with Crippen molar-refractivity contribution in [2.45, 2.75) is 6.42 Å². The minimum Gasteiger partial charge on any atom is -0.503 e. The first kappa shape index (κ1) is 6.13. The number of carbonyl (C=O) groups excluding carboxylic acids is 1. The summed E-state index contributed by atoms with van der Waals surface area (Å²) in [6.07, 6.45) is 2.30. The third-order valence-corrected chi connectivity index (χ3v) is 1.37. The highest BCUT2D eigenvalue weighted by Gasteiger charge is 2.16. The highest BCUT2D eigenvalue weighted by Crippen LogP contribution is 2.05. The van der Waals surface area contributed by atoms with E-state index in [9.17, 15) is 4.79 Å². The summed E-state index contributed by atoms with van der Waals surface area (Å²) < 4.78 is 0. The Kier molecular flexibility index (Phi) is 1.42. The fourth-order valence-corrected chi connectivity index (χ4v) is 0.779. The lowest BCUT2D eigenvalue weighted by Crippen LogP contribution is -2.31. The van der Waals surface area contributed by atoms with Crippen LogP contribution in [0.25, 0.3) is 0 Å². The summed E-state index contributed by atoms with van der Waals surface area (Å²) in [6, 6.07) is 0. The Balaban J connectivity index is 2.74. The number of likely N-dealkylation sites (N-methyl/N-ethyl adjacent to an activating group) is 1.